The number of carbonyl (C=O) groups is 1. The van der Waals surface area contributed by atoms with Crippen LogP contribution in [0.2, 0.25) is 5.15 Å². The highest BCUT2D eigenvalue weighted by Gasteiger charge is 2.19. The molecule has 5 rings (SSSR count). The molecule has 0 bridgehead atoms. The number of para-hydroxylation sites is 2. The number of halogens is 1. The zero-order chi connectivity index (χ0) is 27.2. The van der Waals surface area contributed by atoms with Crippen molar-refractivity contribution in [2.24, 2.45) is 0 Å². The summed E-state index contributed by atoms with van der Waals surface area (Å²) in [5.41, 5.74) is 5.08. The number of nitrogens with one attached hydrogen (secondary N) is 2. The molecule has 0 fully saturated rings. The average molecular weight is 548 g/mol. The quantitative estimate of drug-likeness (QED) is 0.284. The van der Waals surface area contributed by atoms with Crippen LogP contribution in [-0.2, 0) is 26.1 Å². The van der Waals surface area contributed by atoms with Crippen LogP contribution in [-0.4, -0.2) is 58.1 Å². The van der Waals surface area contributed by atoms with E-state index < -0.39 is 0 Å². The van der Waals surface area contributed by atoms with Gasteiger partial charge in [-0.15, -0.1) is 5.10 Å². The van der Waals surface area contributed by atoms with E-state index in [1.807, 2.05) is 35.1 Å². The highest BCUT2D eigenvalue weighted by molar-refractivity contribution is 6.33. The van der Waals surface area contributed by atoms with Gasteiger partial charge >= 0.3 is 0 Å². The smallest absolute Gasteiger partial charge is 0.258 e. The van der Waals surface area contributed by atoms with E-state index in [0.717, 1.165) is 55.5 Å². The number of carbonyl (C=O) groups excluding carboxylic acids is 1. The van der Waals surface area contributed by atoms with Crippen molar-refractivity contribution in [3.8, 4) is 11.5 Å². The van der Waals surface area contributed by atoms with Crippen LogP contribution in [0.1, 0.15) is 27.2 Å². The van der Waals surface area contributed by atoms with E-state index in [9.17, 15) is 4.79 Å². The van der Waals surface area contributed by atoms with E-state index in [-0.39, 0.29) is 11.1 Å². The first-order valence-corrected chi connectivity index (χ1v) is 13.0. The molecule has 0 spiro atoms. The van der Waals surface area contributed by atoms with Crippen LogP contribution in [0.4, 0.5) is 11.4 Å². The Bertz CT molecular complexity index is 1460. The second-order valence-corrected chi connectivity index (χ2v) is 9.53. The number of anilines is 2. The maximum atomic E-state index is 12.7. The molecule has 39 heavy (non-hydrogen) atoms. The molecule has 2 N–H and O–H groups in total. The van der Waals surface area contributed by atoms with Gasteiger partial charge in [0.1, 0.15) is 10.8 Å². The van der Waals surface area contributed by atoms with Crippen LogP contribution in [0.5, 0.6) is 11.5 Å². The maximum absolute atomic E-state index is 12.7. The van der Waals surface area contributed by atoms with E-state index >= 15 is 0 Å². The van der Waals surface area contributed by atoms with Gasteiger partial charge in [-0.05, 0) is 53.9 Å². The van der Waals surface area contributed by atoms with Crippen molar-refractivity contribution in [2.75, 3.05) is 37.9 Å². The van der Waals surface area contributed by atoms with Crippen molar-refractivity contribution in [1.29, 1.82) is 0 Å². The fourth-order valence-electron chi connectivity index (χ4n) is 4.58. The summed E-state index contributed by atoms with van der Waals surface area (Å²) in [5, 5.41) is 15.0. The Morgan fingerprint density at radius 2 is 1.79 bits per heavy atom. The molecule has 1 aliphatic heterocycles. The summed E-state index contributed by atoms with van der Waals surface area (Å²) < 4.78 is 12.8. The maximum Gasteiger partial charge on any atom is 0.258 e. The molecule has 0 saturated heterocycles. The third-order valence-electron chi connectivity index (χ3n) is 6.67. The van der Waals surface area contributed by atoms with Gasteiger partial charge in [0.2, 0.25) is 0 Å². The van der Waals surface area contributed by atoms with E-state index in [4.69, 9.17) is 21.1 Å². The Morgan fingerprint density at radius 3 is 2.56 bits per heavy atom. The van der Waals surface area contributed by atoms with Crippen molar-refractivity contribution < 1.29 is 14.3 Å². The van der Waals surface area contributed by atoms with Crippen molar-refractivity contribution in [2.45, 2.75) is 26.1 Å². The Hall–Kier alpha value is -4.15. The predicted octanol–water partition coefficient (Wildman–Crippen LogP) is 4.27. The van der Waals surface area contributed by atoms with Gasteiger partial charge in [-0.25, -0.2) is 4.98 Å². The zero-order valence-electron chi connectivity index (χ0n) is 21.9. The zero-order valence-corrected chi connectivity index (χ0v) is 22.6. The van der Waals surface area contributed by atoms with Gasteiger partial charge in [0.05, 0.1) is 50.4 Å². The van der Waals surface area contributed by atoms with E-state index in [2.05, 4.69) is 43.0 Å². The molecule has 2 aromatic carbocycles. The molecule has 11 heteroatoms. The van der Waals surface area contributed by atoms with E-state index in [0.29, 0.717) is 17.8 Å². The number of fused-ring (bicyclic) bond motifs is 1. The third kappa shape index (κ3) is 6.30. The fraction of sp³-hybridized carbons (Fsp3) is 0.286. The first-order valence-electron chi connectivity index (χ1n) is 12.6. The lowest BCUT2D eigenvalue weighted by atomic mass is 9.99. The number of nitrogens with zero attached hydrogens (tertiary/aromatic N) is 5. The third-order valence-corrected chi connectivity index (χ3v) is 6.97. The summed E-state index contributed by atoms with van der Waals surface area (Å²) in [5.74, 6) is 1.20. The Kier molecular flexibility index (Phi) is 8.24. The molecule has 2 aromatic heterocycles. The second-order valence-electron chi connectivity index (χ2n) is 9.17. The molecule has 1 aliphatic rings. The number of aromatic nitrogens is 4. The van der Waals surface area contributed by atoms with Crippen molar-refractivity contribution in [1.82, 2.24) is 24.9 Å². The second kappa shape index (κ2) is 12.1. The Labute approximate surface area is 231 Å². The molecule has 0 unspecified atom stereocenters. The molecule has 3 heterocycles. The number of ether oxygens (including phenoxy) is 2. The molecule has 0 aliphatic carbocycles. The van der Waals surface area contributed by atoms with Crippen molar-refractivity contribution >= 4 is 28.9 Å². The molecular weight excluding hydrogens is 518 g/mol. The van der Waals surface area contributed by atoms with Gasteiger partial charge < -0.3 is 20.1 Å². The number of hydrogen-bond acceptors (Lipinski definition) is 8. The van der Waals surface area contributed by atoms with Gasteiger partial charge in [0, 0.05) is 25.8 Å². The minimum absolute atomic E-state index is 0.158. The lowest BCUT2D eigenvalue weighted by Crippen LogP contribution is -2.33. The summed E-state index contributed by atoms with van der Waals surface area (Å²) in [6.07, 6.45) is 4.45. The van der Waals surface area contributed by atoms with Crippen LogP contribution in [0.15, 0.2) is 60.9 Å². The van der Waals surface area contributed by atoms with Crippen LogP contribution in [0, 0.1) is 0 Å². The summed E-state index contributed by atoms with van der Waals surface area (Å²) in [6, 6.07) is 14.9. The van der Waals surface area contributed by atoms with Crippen LogP contribution >= 0.6 is 11.6 Å². The number of methoxy groups -OCH3 is 2. The van der Waals surface area contributed by atoms with Gasteiger partial charge in [0.25, 0.3) is 5.91 Å². The van der Waals surface area contributed by atoms with Crippen molar-refractivity contribution in [3.05, 3.63) is 88.5 Å². The monoisotopic (exact) mass is 547 g/mol. The highest BCUT2D eigenvalue weighted by Crippen LogP contribution is 2.33. The van der Waals surface area contributed by atoms with Crippen LogP contribution in [0.3, 0.4) is 0 Å². The largest absolute Gasteiger partial charge is 0.493 e. The topological polar surface area (TPSA) is 106 Å². The summed E-state index contributed by atoms with van der Waals surface area (Å²) in [7, 11) is 3.33. The molecule has 0 atom stereocenters. The van der Waals surface area contributed by atoms with E-state index in [1.54, 1.807) is 32.5 Å². The summed E-state index contributed by atoms with van der Waals surface area (Å²) >= 11 is 6.07. The number of hydrogen-bond donors (Lipinski definition) is 2. The highest BCUT2D eigenvalue weighted by atomic mass is 35.5. The SMILES string of the molecule is COc1cc2c(cc1OC)CN(CCn1cc(CNc3ccccc3NC(=O)c3cccnc3Cl)nn1)CC2. The van der Waals surface area contributed by atoms with Gasteiger partial charge in [0.15, 0.2) is 11.5 Å². The number of pyridine rings is 1. The molecule has 10 nitrogen and oxygen atoms in total. The lowest BCUT2D eigenvalue weighted by molar-refractivity contribution is 0.102. The number of rotatable bonds is 10. The molecule has 202 valence electrons. The van der Waals surface area contributed by atoms with Gasteiger partial charge in [-0.1, -0.05) is 28.9 Å². The number of benzene rings is 2. The Morgan fingerprint density at radius 1 is 1.03 bits per heavy atom. The Balaban J connectivity index is 1.15. The van der Waals surface area contributed by atoms with Crippen LogP contribution in [0.25, 0.3) is 0 Å². The van der Waals surface area contributed by atoms with Crippen molar-refractivity contribution in [3.63, 3.8) is 0 Å². The molecule has 1 amide bonds. The van der Waals surface area contributed by atoms with Gasteiger partial charge in [-0.2, -0.15) is 0 Å². The van der Waals surface area contributed by atoms with E-state index in [1.165, 1.54) is 11.1 Å². The first-order chi connectivity index (χ1) is 19.0. The van der Waals surface area contributed by atoms with Crippen LogP contribution < -0.4 is 20.1 Å². The summed E-state index contributed by atoms with van der Waals surface area (Å²) in [6.45, 7) is 3.87. The standard InChI is InChI=1S/C28H30ClN7O3/c1-38-25-14-19-9-11-35(17-20(19)15-26(25)39-2)12-13-36-18-21(33-34-36)16-31-23-7-3-4-8-24(23)32-28(37)22-6-5-10-30-27(22)29/h3-8,10,14-15,18,31H,9,11-13,16-17H2,1-2H3,(H,32,37). The molecular formula is C28H30ClN7O3. The number of amides is 1. The minimum Gasteiger partial charge on any atom is -0.493 e. The predicted molar refractivity (Wildman–Crippen MR) is 150 cm³/mol. The average Bonchev–Trinajstić information content (AvgIpc) is 3.42. The minimum atomic E-state index is -0.328. The normalized spacial score (nSPS) is 13.0. The summed E-state index contributed by atoms with van der Waals surface area (Å²) in [4.78, 5) is 19.1. The molecule has 0 radical (unpaired) electrons. The molecule has 4 aromatic rings. The van der Waals surface area contributed by atoms with Gasteiger partial charge in [-0.3, -0.25) is 14.4 Å². The first kappa shape index (κ1) is 26.5. The molecule has 0 saturated carbocycles. The lowest BCUT2D eigenvalue weighted by Gasteiger charge is -2.29. The fourth-order valence-corrected chi connectivity index (χ4v) is 4.79.